The van der Waals surface area contributed by atoms with Crippen molar-refractivity contribution in [1.29, 1.82) is 0 Å². The summed E-state index contributed by atoms with van der Waals surface area (Å²) in [6.45, 7) is 0. The van der Waals surface area contributed by atoms with Crippen LogP contribution in [0, 0.1) is 0 Å². The Hall–Kier alpha value is -1.40. The third-order valence-electron chi connectivity index (χ3n) is 1.12. The van der Waals surface area contributed by atoms with E-state index in [0.717, 1.165) is 0 Å². The van der Waals surface area contributed by atoms with Crippen LogP contribution in [0.5, 0.6) is 0 Å². The molecular formula is C8H5FO. The summed E-state index contributed by atoms with van der Waals surface area (Å²) in [5.74, 6) is 0.335. The van der Waals surface area contributed by atoms with Gasteiger partial charge in [-0.3, -0.25) is 0 Å². The summed E-state index contributed by atoms with van der Waals surface area (Å²) in [6, 6.07) is 8.10. The average Bonchev–Trinajstić information content (AvgIpc) is 2.05. The molecule has 0 atom stereocenters. The Balaban J connectivity index is 3.08. The van der Waals surface area contributed by atoms with Gasteiger partial charge in [0.25, 0.3) is 0 Å². The molecule has 10 heavy (non-hydrogen) atoms. The summed E-state index contributed by atoms with van der Waals surface area (Å²) in [6.07, 6.45) is 0. The quantitative estimate of drug-likeness (QED) is 0.538. The Morgan fingerprint density at radius 1 is 1.30 bits per heavy atom. The van der Waals surface area contributed by atoms with Gasteiger partial charge in [0.2, 0.25) is 5.83 Å². The van der Waals surface area contributed by atoms with E-state index in [1.807, 2.05) is 0 Å². The van der Waals surface area contributed by atoms with Crippen LogP contribution in [-0.2, 0) is 4.79 Å². The van der Waals surface area contributed by atoms with Crippen LogP contribution in [0.3, 0.4) is 0 Å². The Kier molecular flexibility index (Phi) is 1.98. The Labute approximate surface area is 57.8 Å². The van der Waals surface area contributed by atoms with Crippen molar-refractivity contribution in [2.75, 3.05) is 0 Å². The molecule has 0 spiro atoms. The lowest BCUT2D eigenvalue weighted by Crippen LogP contribution is -1.74. The maximum atomic E-state index is 12.4. The van der Waals surface area contributed by atoms with E-state index in [9.17, 15) is 9.18 Å². The molecule has 0 radical (unpaired) electrons. The molecule has 1 aromatic carbocycles. The van der Waals surface area contributed by atoms with Crippen LogP contribution in [0.1, 0.15) is 5.56 Å². The monoisotopic (exact) mass is 136 g/mol. The van der Waals surface area contributed by atoms with Gasteiger partial charge in [0.05, 0.1) is 0 Å². The Morgan fingerprint density at radius 3 is 2.40 bits per heavy atom. The van der Waals surface area contributed by atoms with Crippen LogP contribution in [0.4, 0.5) is 4.39 Å². The van der Waals surface area contributed by atoms with Gasteiger partial charge >= 0.3 is 0 Å². The van der Waals surface area contributed by atoms with Gasteiger partial charge in [-0.05, 0) is 0 Å². The van der Waals surface area contributed by atoms with Crippen LogP contribution in [-0.4, -0.2) is 5.94 Å². The lowest BCUT2D eigenvalue weighted by Gasteiger charge is -1.88. The van der Waals surface area contributed by atoms with Crippen LogP contribution in [0.15, 0.2) is 30.3 Å². The average molecular weight is 136 g/mol. The smallest absolute Gasteiger partial charge is 0.213 e. The van der Waals surface area contributed by atoms with Crippen molar-refractivity contribution in [3.8, 4) is 0 Å². The number of halogens is 1. The first-order chi connectivity index (χ1) is 4.84. The normalized spacial score (nSPS) is 8.50. The van der Waals surface area contributed by atoms with Gasteiger partial charge in [-0.25, -0.2) is 4.79 Å². The first kappa shape index (κ1) is 6.72. The van der Waals surface area contributed by atoms with Crippen molar-refractivity contribution in [3.05, 3.63) is 35.9 Å². The van der Waals surface area contributed by atoms with Crippen molar-refractivity contribution in [1.82, 2.24) is 0 Å². The van der Waals surface area contributed by atoms with Gasteiger partial charge in [-0.1, -0.05) is 30.3 Å². The van der Waals surface area contributed by atoms with E-state index >= 15 is 0 Å². The highest BCUT2D eigenvalue weighted by atomic mass is 19.1. The summed E-state index contributed by atoms with van der Waals surface area (Å²) < 4.78 is 12.4. The fourth-order valence-electron chi connectivity index (χ4n) is 0.643. The van der Waals surface area contributed by atoms with Crippen LogP contribution in [0.2, 0.25) is 0 Å². The molecule has 0 amide bonds. The van der Waals surface area contributed by atoms with Crippen molar-refractivity contribution < 1.29 is 9.18 Å². The number of hydrogen-bond acceptors (Lipinski definition) is 1. The predicted octanol–water partition coefficient (Wildman–Crippen LogP) is 1.83. The Bertz CT molecular complexity index is 260. The molecule has 1 nitrogen and oxygen atoms in total. The zero-order valence-electron chi connectivity index (χ0n) is 5.17. The van der Waals surface area contributed by atoms with Gasteiger partial charge in [0.15, 0.2) is 5.94 Å². The molecule has 0 aliphatic heterocycles. The van der Waals surface area contributed by atoms with E-state index in [2.05, 4.69) is 0 Å². The molecule has 0 aliphatic carbocycles. The molecule has 0 saturated carbocycles. The van der Waals surface area contributed by atoms with Gasteiger partial charge < -0.3 is 0 Å². The lowest BCUT2D eigenvalue weighted by atomic mass is 10.2. The molecule has 1 rings (SSSR count). The fraction of sp³-hybridized carbons (Fsp3) is 0. The van der Waals surface area contributed by atoms with Crippen molar-refractivity contribution in [2.24, 2.45) is 0 Å². The molecule has 1 aromatic rings. The third-order valence-corrected chi connectivity index (χ3v) is 1.12. The molecule has 0 saturated heterocycles. The minimum atomic E-state index is -0.847. The minimum absolute atomic E-state index is 0.275. The van der Waals surface area contributed by atoms with Crippen molar-refractivity contribution in [3.63, 3.8) is 0 Å². The van der Waals surface area contributed by atoms with E-state index in [4.69, 9.17) is 0 Å². The summed E-state index contributed by atoms with van der Waals surface area (Å²) in [7, 11) is 0. The summed E-state index contributed by atoms with van der Waals surface area (Å²) in [5.41, 5.74) is 0.275. The minimum Gasteiger partial charge on any atom is -0.230 e. The highest BCUT2D eigenvalue weighted by Gasteiger charge is 1.96. The molecular weight excluding hydrogens is 131 g/mol. The second kappa shape index (κ2) is 2.95. The molecule has 0 fully saturated rings. The van der Waals surface area contributed by atoms with Crippen molar-refractivity contribution >= 4 is 11.8 Å². The fourth-order valence-corrected chi connectivity index (χ4v) is 0.643. The Morgan fingerprint density at radius 2 is 1.90 bits per heavy atom. The topological polar surface area (TPSA) is 17.1 Å². The molecule has 50 valence electrons. The summed E-state index contributed by atoms with van der Waals surface area (Å²) >= 11 is 0. The van der Waals surface area contributed by atoms with Crippen LogP contribution >= 0.6 is 0 Å². The van der Waals surface area contributed by atoms with Crippen LogP contribution in [0.25, 0.3) is 5.83 Å². The molecule has 0 unspecified atom stereocenters. The van der Waals surface area contributed by atoms with E-state index in [1.165, 1.54) is 18.1 Å². The standard InChI is InChI=1S/C8H5FO/c9-8(6-10)7-4-2-1-3-5-7/h1-5H. The van der Waals surface area contributed by atoms with E-state index in [-0.39, 0.29) is 5.56 Å². The zero-order valence-corrected chi connectivity index (χ0v) is 5.17. The predicted molar refractivity (Wildman–Crippen MR) is 36.7 cm³/mol. The van der Waals surface area contributed by atoms with E-state index in [0.29, 0.717) is 0 Å². The van der Waals surface area contributed by atoms with Gasteiger partial charge in [-0.2, -0.15) is 4.39 Å². The first-order valence-corrected chi connectivity index (χ1v) is 2.80. The van der Waals surface area contributed by atoms with Gasteiger partial charge in [0, 0.05) is 5.56 Å². The third kappa shape index (κ3) is 1.30. The number of benzene rings is 1. The second-order valence-corrected chi connectivity index (χ2v) is 1.78. The maximum Gasteiger partial charge on any atom is 0.213 e. The second-order valence-electron chi connectivity index (χ2n) is 1.78. The molecule has 0 bridgehead atoms. The molecule has 0 aromatic heterocycles. The number of carbonyl (C=O) groups excluding carboxylic acids is 1. The molecule has 2 heteroatoms. The maximum absolute atomic E-state index is 12.4. The van der Waals surface area contributed by atoms with Crippen LogP contribution < -0.4 is 0 Å². The zero-order chi connectivity index (χ0) is 7.40. The lowest BCUT2D eigenvalue weighted by molar-refractivity contribution is 0.565. The number of hydrogen-bond donors (Lipinski definition) is 0. The molecule has 0 N–H and O–H groups in total. The summed E-state index contributed by atoms with van der Waals surface area (Å²) in [4.78, 5) is 9.77. The highest BCUT2D eigenvalue weighted by Crippen LogP contribution is 2.10. The van der Waals surface area contributed by atoms with Gasteiger partial charge in [0.1, 0.15) is 0 Å². The van der Waals surface area contributed by atoms with E-state index in [1.54, 1.807) is 18.2 Å². The molecule has 0 aliphatic rings. The SMILES string of the molecule is O=C=C(F)c1ccccc1. The highest BCUT2D eigenvalue weighted by molar-refractivity contribution is 5.82. The largest absolute Gasteiger partial charge is 0.230 e. The van der Waals surface area contributed by atoms with E-state index < -0.39 is 5.83 Å². The first-order valence-electron chi connectivity index (χ1n) is 2.80. The summed E-state index contributed by atoms with van der Waals surface area (Å²) in [5, 5.41) is 0. The molecule has 0 heterocycles. The number of rotatable bonds is 1. The van der Waals surface area contributed by atoms with Crippen molar-refractivity contribution in [2.45, 2.75) is 0 Å². The van der Waals surface area contributed by atoms with Gasteiger partial charge in [-0.15, -0.1) is 0 Å².